The molecule has 0 amide bonds. The van der Waals surface area contributed by atoms with Crippen LogP contribution in [0.3, 0.4) is 0 Å². The highest BCUT2D eigenvalue weighted by Crippen LogP contribution is 2.41. The third kappa shape index (κ3) is 3.78. The van der Waals surface area contributed by atoms with E-state index in [0.717, 1.165) is 14.2 Å². The lowest BCUT2D eigenvalue weighted by atomic mass is 9.91. The molecule has 1 saturated heterocycles. The van der Waals surface area contributed by atoms with E-state index in [0.29, 0.717) is 0 Å². The van der Waals surface area contributed by atoms with Crippen molar-refractivity contribution in [2.45, 2.75) is 16.4 Å². The number of hydrogen-bond acceptors (Lipinski definition) is 10. The second-order valence-electron chi connectivity index (χ2n) is 5.97. The minimum atomic E-state index is -4.49. The van der Waals surface area contributed by atoms with Crippen LogP contribution in [0.1, 0.15) is 11.5 Å². The Morgan fingerprint density at radius 1 is 0.821 bits per heavy atom. The molecule has 0 bridgehead atoms. The fourth-order valence-electron chi connectivity index (χ4n) is 3.21. The van der Waals surface area contributed by atoms with Crippen LogP contribution in [0.5, 0.6) is 11.5 Å². The number of carbonyl (C=O) groups is 2. The standard InChI is InChI=1S/C16H20O10S2/c1-23-10-6-5-9(7-11(10)24-2)12-13(15(17)25-3)27(19,20)8-28(21,22)14(12)16(18)26-4/h5-7,12-14H,8H2,1-4H3/t13-,14-/m0/s1. The lowest BCUT2D eigenvalue weighted by molar-refractivity contribution is -0.142. The van der Waals surface area contributed by atoms with Crippen LogP contribution >= 0.6 is 0 Å². The summed E-state index contributed by atoms with van der Waals surface area (Å²) in [5.74, 6) is -3.50. The average Bonchev–Trinajstić information content (AvgIpc) is 2.64. The largest absolute Gasteiger partial charge is 0.493 e. The van der Waals surface area contributed by atoms with Crippen molar-refractivity contribution < 1.29 is 45.4 Å². The summed E-state index contributed by atoms with van der Waals surface area (Å²) in [4.78, 5) is 24.6. The monoisotopic (exact) mass is 436 g/mol. The molecule has 0 N–H and O–H groups in total. The van der Waals surface area contributed by atoms with Gasteiger partial charge in [-0.2, -0.15) is 0 Å². The fourth-order valence-corrected chi connectivity index (χ4v) is 8.61. The molecule has 0 aromatic heterocycles. The van der Waals surface area contributed by atoms with E-state index in [9.17, 15) is 26.4 Å². The zero-order valence-electron chi connectivity index (χ0n) is 15.6. The van der Waals surface area contributed by atoms with Crippen LogP contribution in [0.2, 0.25) is 0 Å². The first-order valence-corrected chi connectivity index (χ1v) is 11.3. The highest BCUT2D eigenvalue weighted by atomic mass is 32.3. The van der Waals surface area contributed by atoms with Crippen LogP contribution in [0.25, 0.3) is 0 Å². The molecule has 1 fully saturated rings. The number of sulfone groups is 2. The maximum atomic E-state index is 12.6. The summed E-state index contributed by atoms with van der Waals surface area (Å²) in [6, 6.07) is 4.07. The number of methoxy groups -OCH3 is 4. The molecule has 12 heteroatoms. The summed E-state index contributed by atoms with van der Waals surface area (Å²) in [6.45, 7) is 0. The van der Waals surface area contributed by atoms with E-state index in [-0.39, 0.29) is 17.1 Å². The van der Waals surface area contributed by atoms with E-state index in [2.05, 4.69) is 9.47 Å². The van der Waals surface area contributed by atoms with Gasteiger partial charge in [-0.3, -0.25) is 9.59 Å². The van der Waals surface area contributed by atoms with Gasteiger partial charge in [-0.15, -0.1) is 0 Å². The van der Waals surface area contributed by atoms with Gasteiger partial charge in [0, 0.05) is 5.92 Å². The second kappa shape index (κ2) is 7.95. The van der Waals surface area contributed by atoms with E-state index in [4.69, 9.17) is 9.47 Å². The SMILES string of the molecule is COC(=O)[C@@H]1C(c2ccc(OC)c(OC)c2)[C@@H](C(=O)OC)S(=O)(=O)CS1(=O)=O. The van der Waals surface area contributed by atoms with E-state index in [1.54, 1.807) is 0 Å². The first kappa shape index (κ1) is 22.0. The molecule has 1 aliphatic heterocycles. The quantitative estimate of drug-likeness (QED) is 0.564. The topological polar surface area (TPSA) is 139 Å². The van der Waals surface area contributed by atoms with Gasteiger partial charge in [0.05, 0.1) is 28.4 Å². The molecular formula is C16H20O10S2. The van der Waals surface area contributed by atoms with Gasteiger partial charge in [0.1, 0.15) is 0 Å². The molecule has 1 heterocycles. The lowest BCUT2D eigenvalue weighted by Crippen LogP contribution is -2.55. The van der Waals surface area contributed by atoms with Gasteiger partial charge >= 0.3 is 11.9 Å². The van der Waals surface area contributed by atoms with Crippen LogP contribution in [0.15, 0.2) is 18.2 Å². The van der Waals surface area contributed by atoms with Crippen molar-refractivity contribution in [2.24, 2.45) is 0 Å². The van der Waals surface area contributed by atoms with E-state index < -0.39 is 53.1 Å². The zero-order valence-corrected chi connectivity index (χ0v) is 17.2. The van der Waals surface area contributed by atoms with Crippen molar-refractivity contribution >= 4 is 31.6 Å². The van der Waals surface area contributed by atoms with E-state index in [1.165, 1.54) is 32.4 Å². The Balaban J connectivity index is 2.82. The summed E-state index contributed by atoms with van der Waals surface area (Å²) >= 11 is 0. The summed E-state index contributed by atoms with van der Waals surface area (Å²) in [6.07, 6.45) is 0. The third-order valence-corrected chi connectivity index (χ3v) is 9.56. The van der Waals surface area contributed by atoms with Gasteiger partial charge < -0.3 is 18.9 Å². The molecule has 0 saturated carbocycles. The van der Waals surface area contributed by atoms with Crippen molar-refractivity contribution in [3.63, 3.8) is 0 Å². The first-order chi connectivity index (χ1) is 13.0. The van der Waals surface area contributed by atoms with Crippen LogP contribution in [-0.2, 0) is 38.7 Å². The smallest absolute Gasteiger partial charge is 0.324 e. The Bertz CT molecular complexity index is 929. The van der Waals surface area contributed by atoms with Crippen LogP contribution in [0, 0.1) is 0 Å². The first-order valence-electron chi connectivity index (χ1n) is 7.84. The molecule has 1 aliphatic rings. The highest BCUT2D eigenvalue weighted by Gasteiger charge is 2.58. The second-order valence-corrected chi connectivity index (χ2v) is 10.6. The van der Waals surface area contributed by atoms with Crippen molar-refractivity contribution in [3.8, 4) is 11.5 Å². The fraction of sp³-hybridized carbons (Fsp3) is 0.500. The molecular weight excluding hydrogens is 416 g/mol. The molecule has 0 aliphatic carbocycles. The molecule has 2 atom stereocenters. The Hall–Kier alpha value is -2.34. The van der Waals surface area contributed by atoms with Crippen LogP contribution < -0.4 is 9.47 Å². The number of carbonyl (C=O) groups excluding carboxylic acids is 2. The number of esters is 2. The Morgan fingerprint density at radius 3 is 1.68 bits per heavy atom. The van der Waals surface area contributed by atoms with Gasteiger partial charge in [-0.1, -0.05) is 6.07 Å². The number of hydrogen-bond donors (Lipinski definition) is 0. The van der Waals surface area contributed by atoms with Gasteiger partial charge in [-0.05, 0) is 17.7 Å². The predicted molar refractivity (Wildman–Crippen MR) is 96.6 cm³/mol. The molecule has 1 aromatic carbocycles. The van der Waals surface area contributed by atoms with Crippen LogP contribution in [-0.4, -0.2) is 72.8 Å². The summed E-state index contributed by atoms with van der Waals surface area (Å²) in [7, 11) is -4.34. The Morgan fingerprint density at radius 2 is 1.29 bits per heavy atom. The number of benzene rings is 1. The summed E-state index contributed by atoms with van der Waals surface area (Å²) in [5.41, 5.74) is 0.0651. The third-order valence-electron chi connectivity index (χ3n) is 4.41. The van der Waals surface area contributed by atoms with Crippen molar-refractivity contribution in [1.82, 2.24) is 0 Å². The zero-order chi connectivity index (χ0) is 21.3. The molecule has 2 rings (SSSR count). The highest BCUT2D eigenvalue weighted by molar-refractivity contribution is 8.10. The molecule has 0 unspecified atom stereocenters. The van der Waals surface area contributed by atoms with Gasteiger partial charge in [-0.25, -0.2) is 16.8 Å². The predicted octanol–water partition coefficient (Wildman–Crippen LogP) is -0.329. The molecule has 10 nitrogen and oxygen atoms in total. The van der Waals surface area contributed by atoms with E-state index in [1.807, 2.05) is 0 Å². The van der Waals surface area contributed by atoms with Crippen molar-refractivity contribution in [3.05, 3.63) is 23.8 Å². The number of rotatable bonds is 5. The van der Waals surface area contributed by atoms with Crippen molar-refractivity contribution in [2.75, 3.05) is 33.5 Å². The molecule has 0 spiro atoms. The summed E-state index contributed by atoms with van der Waals surface area (Å²) < 4.78 is 70.0. The maximum absolute atomic E-state index is 12.6. The molecule has 0 radical (unpaired) electrons. The average molecular weight is 436 g/mol. The van der Waals surface area contributed by atoms with Crippen LogP contribution in [0.4, 0.5) is 0 Å². The minimum absolute atomic E-state index is 0.0651. The Kier molecular flexibility index (Phi) is 6.24. The van der Waals surface area contributed by atoms with Gasteiger partial charge in [0.2, 0.25) is 0 Å². The number of ether oxygens (including phenoxy) is 4. The molecule has 1 aromatic rings. The van der Waals surface area contributed by atoms with Gasteiger partial charge in [0.15, 0.2) is 46.8 Å². The molecule has 156 valence electrons. The van der Waals surface area contributed by atoms with E-state index >= 15 is 0 Å². The molecule has 28 heavy (non-hydrogen) atoms. The summed E-state index contributed by atoms with van der Waals surface area (Å²) in [5, 5.41) is -5.20. The van der Waals surface area contributed by atoms with Crippen molar-refractivity contribution in [1.29, 1.82) is 0 Å². The maximum Gasteiger partial charge on any atom is 0.324 e. The minimum Gasteiger partial charge on any atom is -0.493 e. The normalized spacial score (nSPS) is 25.4. The Labute approximate surface area is 162 Å². The van der Waals surface area contributed by atoms with Gasteiger partial charge in [0.25, 0.3) is 0 Å². The lowest BCUT2D eigenvalue weighted by Gasteiger charge is -2.34.